The van der Waals surface area contributed by atoms with Gasteiger partial charge >= 0.3 is 6.03 Å². The van der Waals surface area contributed by atoms with E-state index in [1.807, 2.05) is 35.2 Å². The first-order chi connectivity index (χ1) is 17.0. The number of hydrogen-bond donors (Lipinski definition) is 1. The van der Waals surface area contributed by atoms with E-state index in [9.17, 15) is 9.18 Å². The lowest BCUT2D eigenvalue weighted by molar-refractivity contribution is 0.0939. The second-order valence-electron chi connectivity index (χ2n) is 10.3. The summed E-state index contributed by atoms with van der Waals surface area (Å²) in [5.74, 6) is 0.162. The Hall–Kier alpha value is -2.99. The van der Waals surface area contributed by atoms with Crippen molar-refractivity contribution >= 4 is 22.6 Å². The van der Waals surface area contributed by atoms with Gasteiger partial charge in [-0.25, -0.2) is 9.18 Å². The van der Waals surface area contributed by atoms with Crippen molar-refractivity contribution in [2.24, 2.45) is 0 Å². The van der Waals surface area contributed by atoms with Gasteiger partial charge in [0.1, 0.15) is 5.82 Å². The number of pyridine rings is 1. The zero-order chi connectivity index (χ0) is 24.4. The molecule has 2 fully saturated rings. The van der Waals surface area contributed by atoms with Crippen molar-refractivity contribution in [1.82, 2.24) is 14.8 Å². The number of urea groups is 1. The van der Waals surface area contributed by atoms with Crippen LogP contribution in [0.2, 0.25) is 0 Å². The number of hydrogen-bond acceptors (Lipinski definition) is 3. The lowest BCUT2D eigenvalue weighted by Crippen LogP contribution is -2.43. The van der Waals surface area contributed by atoms with Crippen LogP contribution in [-0.4, -0.2) is 46.0 Å². The van der Waals surface area contributed by atoms with Crippen molar-refractivity contribution in [2.75, 3.05) is 18.4 Å². The number of aromatic nitrogens is 1. The Kier molecular flexibility index (Phi) is 7.00. The van der Waals surface area contributed by atoms with Crippen LogP contribution >= 0.6 is 0 Å². The first-order valence-corrected chi connectivity index (χ1v) is 12.9. The van der Waals surface area contributed by atoms with Gasteiger partial charge in [0, 0.05) is 42.8 Å². The third kappa shape index (κ3) is 5.48. The molecule has 0 bridgehead atoms. The van der Waals surface area contributed by atoms with E-state index in [1.165, 1.54) is 31.4 Å². The van der Waals surface area contributed by atoms with Crippen LogP contribution < -0.4 is 5.32 Å². The fourth-order valence-corrected chi connectivity index (χ4v) is 5.66. The summed E-state index contributed by atoms with van der Waals surface area (Å²) in [4.78, 5) is 22.2. The van der Waals surface area contributed by atoms with Crippen molar-refractivity contribution in [3.05, 3.63) is 71.7 Å². The Labute approximate surface area is 207 Å². The van der Waals surface area contributed by atoms with E-state index in [2.05, 4.69) is 36.2 Å². The predicted octanol–water partition coefficient (Wildman–Crippen LogP) is 6.55. The van der Waals surface area contributed by atoms with Crippen LogP contribution in [0.1, 0.15) is 63.1 Å². The third-order valence-electron chi connectivity index (χ3n) is 7.84. The summed E-state index contributed by atoms with van der Waals surface area (Å²) in [7, 11) is 0. The number of piperidine rings is 2. The second kappa shape index (κ2) is 10.3. The Balaban J connectivity index is 1.19. The molecule has 2 amide bonds. The summed E-state index contributed by atoms with van der Waals surface area (Å²) in [5.41, 5.74) is 3.99. The summed E-state index contributed by atoms with van der Waals surface area (Å²) in [6, 6.07) is 18.0. The Morgan fingerprint density at radius 2 is 1.69 bits per heavy atom. The number of likely N-dealkylation sites (tertiary alicyclic amines) is 2. The number of carbonyl (C=O) groups is 1. The van der Waals surface area contributed by atoms with Gasteiger partial charge in [-0.2, -0.15) is 0 Å². The lowest BCUT2D eigenvalue weighted by atomic mass is 9.89. The van der Waals surface area contributed by atoms with Gasteiger partial charge in [0.15, 0.2) is 0 Å². The molecule has 5 nitrogen and oxygen atoms in total. The summed E-state index contributed by atoms with van der Waals surface area (Å²) < 4.78 is 13.2. The quantitative estimate of drug-likeness (QED) is 0.467. The summed E-state index contributed by atoms with van der Waals surface area (Å²) in [6.07, 6.45) is 5.59. The maximum atomic E-state index is 13.2. The second-order valence-corrected chi connectivity index (χ2v) is 10.3. The average molecular weight is 475 g/mol. The highest BCUT2D eigenvalue weighted by molar-refractivity contribution is 5.92. The van der Waals surface area contributed by atoms with Crippen LogP contribution in [-0.2, 0) is 6.54 Å². The summed E-state index contributed by atoms with van der Waals surface area (Å²) >= 11 is 0. The van der Waals surface area contributed by atoms with Crippen molar-refractivity contribution in [2.45, 2.75) is 70.5 Å². The minimum atomic E-state index is -0.210. The largest absolute Gasteiger partial charge is 0.324 e. The first kappa shape index (κ1) is 23.7. The maximum absolute atomic E-state index is 13.2. The summed E-state index contributed by atoms with van der Waals surface area (Å²) in [5, 5.41) is 4.09. The number of fused-ring (bicyclic) bond motifs is 1. The minimum Gasteiger partial charge on any atom is -0.324 e. The molecule has 1 aromatic heterocycles. The van der Waals surface area contributed by atoms with Gasteiger partial charge in [-0.1, -0.05) is 24.6 Å². The molecule has 0 radical (unpaired) electrons. The van der Waals surface area contributed by atoms with Crippen molar-refractivity contribution in [3.8, 4) is 0 Å². The number of halogens is 1. The van der Waals surface area contributed by atoms with Gasteiger partial charge < -0.3 is 10.2 Å². The lowest BCUT2D eigenvalue weighted by Gasteiger charge is -2.38. The Morgan fingerprint density at radius 1 is 0.971 bits per heavy atom. The molecule has 35 heavy (non-hydrogen) atoms. The number of benzene rings is 2. The molecule has 6 heteroatoms. The van der Waals surface area contributed by atoms with Crippen LogP contribution in [0.25, 0.3) is 10.9 Å². The van der Waals surface area contributed by atoms with E-state index in [4.69, 9.17) is 4.98 Å². The zero-order valence-corrected chi connectivity index (χ0v) is 20.7. The molecule has 2 aliphatic heterocycles. The topological polar surface area (TPSA) is 48.5 Å². The molecular weight excluding hydrogens is 439 g/mol. The molecule has 2 saturated heterocycles. The van der Waals surface area contributed by atoms with Crippen LogP contribution in [0, 0.1) is 5.82 Å². The first-order valence-electron chi connectivity index (χ1n) is 12.9. The SMILES string of the molecule is C[C@@H]1CCC[C@H](C)N1Cc1ccc2cc(NC(=O)N3CCC(c4ccc(F)cc4)CC3)ccc2n1. The number of amides is 2. The normalized spacial score (nSPS) is 21.9. The van der Waals surface area contributed by atoms with Crippen molar-refractivity contribution in [3.63, 3.8) is 0 Å². The number of nitrogens with zero attached hydrogens (tertiary/aromatic N) is 3. The molecular formula is C29H35FN4O. The fourth-order valence-electron chi connectivity index (χ4n) is 5.66. The van der Waals surface area contributed by atoms with Crippen LogP contribution in [0.15, 0.2) is 54.6 Å². The number of rotatable bonds is 4. The number of nitrogens with one attached hydrogen (secondary N) is 1. The highest BCUT2D eigenvalue weighted by Gasteiger charge is 2.25. The predicted molar refractivity (Wildman–Crippen MR) is 139 cm³/mol. The smallest absolute Gasteiger partial charge is 0.321 e. The van der Waals surface area contributed by atoms with Crippen LogP contribution in [0.4, 0.5) is 14.9 Å². The third-order valence-corrected chi connectivity index (χ3v) is 7.84. The Morgan fingerprint density at radius 3 is 2.40 bits per heavy atom. The monoisotopic (exact) mass is 474 g/mol. The van der Waals surface area contributed by atoms with Gasteiger partial charge in [-0.3, -0.25) is 9.88 Å². The van der Waals surface area contributed by atoms with Gasteiger partial charge in [0.05, 0.1) is 11.2 Å². The van der Waals surface area contributed by atoms with Gasteiger partial charge in [-0.05, 0) is 87.4 Å². The van der Waals surface area contributed by atoms with E-state index in [1.54, 1.807) is 0 Å². The molecule has 0 aliphatic carbocycles. The number of carbonyl (C=O) groups excluding carboxylic acids is 1. The molecule has 0 spiro atoms. The fraction of sp³-hybridized carbons (Fsp3) is 0.448. The van der Waals surface area contributed by atoms with Crippen molar-refractivity contribution in [1.29, 1.82) is 0 Å². The average Bonchev–Trinajstić information content (AvgIpc) is 2.87. The van der Waals surface area contributed by atoms with E-state index >= 15 is 0 Å². The van der Waals surface area contributed by atoms with E-state index in [-0.39, 0.29) is 11.8 Å². The number of anilines is 1. The van der Waals surface area contributed by atoms with Gasteiger partial charge in [-0.15, -0.1) is 0 Å². The van der Waals surface area contributed by atoms with E-state index < -0.39 is 0 Å². The molecule has 184 valence electrons. The molecule has 2 aromatic carbocycles. The standard InChI is InChI=1S/C29H35FN4O/c1-20-4-3-5-21(2)34(20)19-27-11-8-24-18-26(12-13-28(24)31-27)32-29(35)33-16-14-23(15-17-33)22-6-9-25(30)10-7-22/h6-13,18,20-21,23H,3-5,14-17,19H2,1-2H3,(H,32,35)/t20-,21+. The highest BCUT2D eigenvalue weighted by Crippen LogP contribution is 2.29. The molecule has 2 atom stereocenters. The molecule has 0 unspecified atom stereocenters. The zero-order valence-electron chi connectivity index (χ0n) is 20.7. The molecule has 3 heterocycles. The van der Waals surface area contributed by atoms with Crippen LogP contribution in [0.5, 0.6) is 0 Å². The summed E-state index contributed by atoms with van der Waals surface area (Å²) in [6.45, 7) is 6.90. The molecule has 0 saturated carbocycles. The highest BCUT2D eigenvalue weighted by atomic mass is 19.1. The van der Waals surface area contributed by atoms with E-state index in [0.29, 0.717) is 31.1 Å². The molecule has 5 rings (SSSR count). The van der Waals surface area contributed by atoms with Gasteiger partial charge in [0.25, 0.3) is 0 Å². The molecule has 3 aromatic rings. The maximum Gasteiger partial charge on any atom is 0.321 e. The Bertz CT molecular complexity index is 1160. The molecule has 1 N–H and O–H groups in total. The van der Waals surface area contributed by atoms with Crippen LogP contribution in [0.3, 0.4) is 0 Å². The van der Waals surface area contributed by atoms with Gasteiger partial charge in [0.2, 0.25) is 0 Å². The van der Waals surface area contributed by atoms with E-state index in [0.717, 1.165) is 47.2 Å². The van der Waals surface area contributed by atoms with Crippen molar-refractivity contribution < 1.29 is 9.18 Å². The molecule has 2 aliphatic rings. The minimum absolute atomic E-state index is 0.0699.